The van der Waals surface area contributed by atoms with E-state index in [2.05, 4.69) is 72.9 Å². The van der Waals surface area contributed by atoms with Crippen molar-refractivity contribution in [1.29, 1.82) is 0 Å². The van der Waals surface area contributed by atoms with E-state index in [0.29, 0.717) is 49.4 Å². The number of halogens is 4. The fraction of sp³-hybridized carbons (Fsp3) is 0.538. The van der Waals surface area contributed by atoms with Crippen molar-refractivity contribution in [3.05, 3.63) is 75.4 Å². The summed E-state index contributed by atoms with van der Waals surface area (Å²) in [5.74, 6) is 2.97. The Hall–Kier alpha value is -4.75. The Morgan fingerprint density at radius 3 is 1.72 bits per heavy atom. The standard InChI is InChI=1S/C23H31N5O2.C20H28BF3N2O3.C9H12IN3O.H2S/c1-3-17-6-7-28(15-17)23(29)25-19-5-4-16(2)20(14-19)18-12-21(24)26-22(13-18)27-8-10-30-11-9-27;1-13-6-7-15(10-16(13)21-28-18(2,3)19(4,5)29-21)25-17(27)26-9-8-14(12-26)11-20(22,23)24;10-7-5-8(11)12-9(6-7)13-1-3-14-4-2-13;/h4-5,12-14,17H,3,6-11,15H2,1-2H3,(H2,24,26)(H,25,29);6-7,10,14H,8-9,11-12H2,1-5H3,(H,25,27);5-6H,1-4H2,(H2,11,12);1H2/t17-;14-;;/m10../s1. The summed E-state index contributed by atoms with van der Waals surface area (Å²) in [5, 5.41) is 5.87. The molecule has 5 fully saturated rings. The second kappa shape index (κ2) is 25.4. The predicted molar refractivity (Wildman–Crippen MR) is 302 cm³/mol. The van der Waals surface area contributed by atoms with Gasteiger partial charge in [0.15, 0.2) is 0 Å². The highest BCUT2D eigenvalue weighted by atomic mass is 127. The number of carbonyl (C=O) groups is 2. The first-order valence-corrected chi connectivity index (χ1v) is 26.3. The number of aromatic nitrogens is 2. The number of nitrogens with zero attached hydrogens (tertiary/aromatic N) is 6. The molecule has 74 heavy (non-hydrogen) atoms. The van der Waals surface area contributed by atoms with Crippen LogP contribution in [0.2, 0.25) is 0 Å². The van der Waals surface area contributed by atoms with Crippen LogP contribution in [0, 0.1) is 29.3 Å². The van der Waals surface area contributed by atoms with E-state index in [4.69, 9.17) is 30.2 Å². The molecule has 0 aliphatic carbocycles. The quantitative estimate of drug-likeness (QED) is 0.0971. The molecule has 0 unspecified atom stereocenters. The average molecular weight is 1160 g/mol. The minimum Gasteiger partial charge on any atom is -0.399 e. The Balaban J connectivity index is 0.000000191. The fourth-order valence-corrected chi connectivity index (χ4v) is 9.92. The number of anilines is 6. The average Bonchev–Trinajstić information content (AvgIpc) is 4.07. The lowest BCUT2D eigenvalue weighted by Gasteiger charge is -2.32. The predicted octanol–water partition coefficient (Wildman–Crippen LogP) is 9.06. The van der Waals surface area contributed by atoms with Crippen LogP contribution in [0.5, 0.6) is 0 Å². The number of nitrogens with two attached hydrogens (primary N) is 2. The van der Waals surface area contributed by atoms with Gasteiger partial charge in [0.25, 0.3) is 0 Å². The molecule has 5 aliphatic heterocycles. The fourth-order valence-electron chi connectivity index (χ4n) is 9.32. The molecule has 22 heteroatoms. The van der Waals surface area contributed by atoms with Gasteiger partial charge in [0.1, 0.15) is 23.3 Å². The van der Waals surface area contributed by atoms with Gasteiger partial charge in [-0.2, -0.15) is 26.7 Å². The van der Waals surface area contributed by atoms with Crippen LogP contribution in [0.15, 0.2) is 60.7 Å². The van der Waals surface area contributed by atoms with Gasteiger partial charge < -0.3 is 60.5 Å². The first kappa shape index (κ1) is 58.5. The summed E-state index contributed by atoms with van der Waals surface area (Å²) in [6.07, 6.45) is -2.49. The molecular weight excluding hydrogens is 1090 g/mol. The Bertz CT molecular complexity index is 2520. The molecule has 0 spiro atoms. The summed E-state index contributed by atoms with van der Waals surface area (Å²) in [6, 6.07) is 18.9. The van der Waals surface area contributed by atoms with E-state index in [9.17, 15) is 22.8 Å². The van der Waals surface area contributed by atoms with Crippen LogP contribution >= 0.6 is 36.1 Å². The third kappa shape index (κ3) is 15.7. The van der Waals surface area contributed by atoms with Crippen LogP contribution < -0.4 is 37.4 Å². The molecule has 0 saturated carbocycles. The van der Waals surface area contributed by atoms with Gasteiger partial charge in [-0.1, -0.05) is 31.0 Å². The maximum absolute atomic E-state index is 12.7. The van der Waals surface area contributed by atoms with E-state index >= 15 is 0 Å². The lowest BCUT2D eigenvalue weighted by Crippen LogP contribution is -2.41. The number of hydrogen-bond donors (Lipinski definition) is 4. The van der Waals surface area contributed by atoms with Crippen LogP contribution in [-0.2, 0) is 18.8 Å². The number of ether oxygens (including phenoxy) is 2. The molecule has 2 aromatic heterocycles. The monoisotopic (exact) mass is 1160 g/mol. The minimum absolute atomic E-state index is 0. The molecule has 0 bridgehead atoms. The molecule has 5 saturated heterocycles. The van der Waals surface area contributed by atoms with Crippen molar-refractivity contribution in [2.75, 3.05) is 111 Å². The van der Waals surface area contributed by atoms with Crippen LogP contribution in [0.1, 0.15) is 71.4 Å². The highest BCUT2D eigenvalue weighted by Gasteiger charge is 2.52. The molecular formula is C52H73BF3IN10O6S. The molecule has 404 valence electrons. The Labute approximate surface area is 454 Å². The summed E-state index contributed by atoms with van der Waals surface area (Å²) < 4.78 is 61.8. The number of morpholine rings is 2. The molecule has 4 aromatic rings. The number of rotatable bonds is 8. The second-order valence-electron chi connectivity index (χ2n) is 20.4. The largest absolute Gasteiger partial charge is 0.495 e. The SMILES string of the molecule is CC[C@@H]1CCN(C(=O)Nc2ccc(C)c(-c3cc(N)nc(N4CCOCC4)c3)c2)C1.Cc1ccc(NC(=O)N2CC[C@@H](CC(F)(F)F)C2)cc1B1OC(C)(C)C(C)(C)O1.Nc1cc(I)cc(N2CCOCC2)n1.S. The summed E-state index contributed by atoms with van der Waals surface area (Å²) >= 11 is 2.25. The van der Waals surface area contributed by atoms with Crippen molar-refractivity contribution >= 4 is 95.4 Å². The topological polar surface area (TPSA) is 186 Å². The number of carbonyl (C=O) groups excluding carboxylic acids is 2. The first-order valence-electron chi connectivity index (χ1n) is 25.2. The van der Waals surface area contributed by atoms with Gasteiger partial charge in [-0.05, 0) is 159 Å². The third-order valence-corrected chi connectivity index (χ3v) is 15.0. The van der Waals surface area contributed by atoms with E-state index in [1.807, 2.05) is 82.0 Å². The second-order valence-corrected chi connectivity index (χ2v) is 21.6. The number of benzene rings is 2. The van der Waals surface area contributed by atoms with Gasteiger partial charge in [0.2, 0.25) is 0 Å². The number of nitrogens with one attached hydrogen (secondary N) is 2. The van der Waals surface area contributed by atoms with Crippen molar-refractivity contribution in [2.45, 2.75) is 91.5 Å². The number of hydrogen-bond acceptors (Lipinski definition) is 12. The Morgan fingerprint density at radius 1 is 0.716 bits per heavy atom. The summed E-state index contributed by atoms with van der Waals surface area (Å²) in [5.41, 5.74) is 17.2. The maximum Gasteiger partial charge on any atom is 0.495 e. The first-order chi connectivity index (χ1) is 34.6. The summed E-state index contributed by atoms with van der Waals surface area (Å²) in [4.78, 5) is 41.8. The molecule has 2 aromatic carbocycles. The van der Waals surface area contributed by atoms with Crippen LogP contribution in [-0.4, -0.2) is 135 Å². The van der Waals surface area contributed by atoms with Crippen molar-refractivity contribution in [2.24, 2.45) is 11.8 Å². The van der Waals surface area contributed by atoms with E-state index < -0.39 is 42.9 Å². The number of alkyl halides is 3. The zero-order valence-corrected chi connectivity index (χ0v) is 46.8. The van der Waals surface area contributed by atoms with Crippen LogP contribution in [0.3, 0.4) is 0 Å². The lowest BCUT2D eigenvalue weighted by molar-refractivity contribution is -0.143. The lowest BCUT2D eigenvalue weighted by atomic mass is 9.76. The smallest absolute Gasteiger partial charge is 0.399 e. The molecule has 4 amide bonds. The van der Waals surface area contributed by atoms with E-state index in [1.165, 1.54) is 4.90 Å². The Kier molecular flexibility index (Phi) is 20.1. The van der Waals surface area contributed by atoms with Crippen molar-refractivity contribution in [3.63, 3.8) is 0 Å². The van der Waals surface area contributed by atoms with Gasteiger partial charge in [0, 0.05) is 73.7 Å². The van der Waals surface area contributed by atoms with Crippen molar-refractivity contribution in [1.82, 2.24) is 19.8 Å². The van der Waals surface area contributed by atoms with Crippen LogP contribution in [0.25, 0.3) is 11.1 Å². The van der Waals surface area contributed by atoms with E-state index in [-0.39, 0.29) is 26.1 Å². The van der Waals surface area contributed by atoms with Crippen LogP contribution in [0.4, 0.5) is 57.4 Å². The number of pyridine rings is 2. The zero-order chi connectivity index (χ0) is 52.7. The van der Waals surface area contributed by atoms with E-state index in [1.54, 1.807) is 12.1 Å². The highest BCUT2D eigenvalue weighted by molar-refractivity contribution is 14.1. The molecule has 5 aliphatic rings. The van der Waals surface area contributed by atoms with E-state index in [0.717, 1.165) is 114 Å². The third-order valence-electron chi connectivity index (χ3n) is 14.4. The maximum atomic E-state index is 12.7. The molecule has 0 radical (unpaired) electrons. The number of amides is 4. The van der Waals surface area contributed by atoms with Gasteiger partial charge in [-0.15, -0.1) is 0 Å². The normalized spacial score (nSPS) is 20.2. The summed E-state index contributed by atoms with van der Waals surface area (Å²) in [7, 11) is -0.556. The number of likely N-dealkylation sites (tertiary alicyclic amines) is 2. The molecule has 2 atom stereocenters. The summed E-state index contributed by atoms with van der Waals surface area (Å²) in [6.45, 7) is 22.5. The number of nitrogen functional groups attached to an aromatic ring is 2. The molecule has 16 nitrogen and oxygen atoms in total. The number of aryl methyl sites for hydroxylation is 2. The number of urea groups is 2. The Morgan fingerprint density at radius 2 is 1.20 bits per heavy atom. The highest BCUT2D eigenvalue weighted by Crippen LogP contribution is 2.37. The van der Waals surface area contributed by atoms with Crippen molar-refractivity contribution in [3.8, 4) is 11.1 Å². The molecule has 7 heterocycles. The molecule has 9 rings (SSSR count). The zero-order valence-electron chi connectivity index (χ0n) is 43.6. The van der Waals surface area contributed by atoms with Gasteiger partial charge in [-0.3, -0.25) is 0 Å². The van der Waals surface area contributed by atoms with Gasteiger partial charge in [-0.25, -0.2) is 19.6 Å². The van der Waals surface area contributed by atoms with Gasteiger partial charge >= 0.3 is 25.4 Å². The minimum atomic E-state index is -4.20. The van der Waals surface area contributed by atoms with Gasteiger partial charge in [0.05, 0.1) is 37.6 Å². The molecule has 6 N–H and O–H groups in total. The van der Waals surface area contributed by atoms with Crippen molar-refractivity contribution < 1.29 is 41.5 Å².